The molecule has 7 nitrogen and oxygen atoms in total. The number of rotatable bonds is 7. The summed E-state index contributed by atoms with van der Waals surface area (Å²) in [7, 11) is 1.75. The molecule has 28 heavy (non-hydrogen) atoms. The second-order valence-corrected chi connectivity index (χ2v) is 7.46. The number of carbonyl (C=O) groups excluding carboxylic acids is 1. The van der Waals surface area contributed by atoms with Gasteiger partial charge in [0.15, 0.2) is 0 Å². The van der Waals surface area contributed by atoms with Gasteiger partial charge in [-0.15, -0.1) is 0 Å². The van der Waals surface area contributed by atoms with Crippen LogP contribution in [0.3, 0.4) is 0 Å². The maximum absolute atomic E-state index is 12.9. The summed E-state index contributed by atoms with van der Waals surface area (Å²) in [4.78, 5) is 36.0. The van der Waals surface area contributed by atoms with Crippen molar-refractivity contribution in [2.75, 3.05) is 20.2 Å². The number of aromatic nitrogens is 3. The molecule has 7 heteroatoms. The van der Waals surface area contributed by atoms with E-state index in [1.54, 1.807) is 43.5 Å². The van der Waals surface area contributed by atoms with E-state index >= 15 is 0 Å². The van der Waals surface area contributed by atoms with Crippen molar-refractivity contribution in [1.82, 2.24) is 19.4 Å². The van der Waals surface area contributed by atoms with Crippen LogP contribution >= 0.6 is 0 Å². The number of aryl methyl sites for hydroxylation is 2. The van der Waals surface area contributed by atoms with Crippen molar-refractivity contribution in [2.24, 2.45) is 0 Å². The fraction of sp³-hybridized carbons (Fsp3) is 0.524. The number of nitrogens with zero attached hydrogens (tertiary/aromatic N) is 4. The third kappa shape index (κ3) is 4.84. The lowest BCUT2D eigenvalue weighted by atomic mass is 10.1. The Morgan fingerprint density at radius 3 is 2.82 bits per heavy atom. The van der Waals surface area contributed by atoms with Gasteiger partial charge in [0.1, 0.15) is 5.56 Å². The van der Waals surface area contributed by atoms with Gasteiger partial charge < -0.3 is 14.2 Å². The number of amides is 1. The lowest BCUT2D eigenvalue weighted by Gasteiger charge is -2.19. The molecule has 1 saturated heterocycles. The van der Waals surface area contributed by atoms with Gasteiger partial charge in [-0.3, -0.25) is 19.6 Å². The molecule has 0 N–H and O–H groups in total. The van der Waals surface area contributed by atoms with Gasteiger partial charge in [0.2, 0.25) is 0 Å². The molecule has 0 bridgehead atoms. The Kier molecular flexibility index (Phi) is 6.57. The molecule has 3 rings (SSSR count). The largest absolute Gasteiger partial charge is 0.378 e. The average molecular weight is 384 g/mol. The summed E-state index contributed by atoms with van der Waals surface area (Å²) in [6.07, 6.45) is 9.37. The van der Waals surface area contributed by atoms with E-state index in [1.807, 2.05) is 6.92 Å². The van der Waals surface area contributed by atoms with E-state index in [4.69, 9.17) is 4.74 Å². The molecule has 1 aliphatic rings. The second kappa shape index (κ2) is 9.10. The fourth-order valence-corrected chi connectivity index (χ4v) is 3.45. The van der Waals surface area contributed by atoms with Crippen molar-refractivity contribution in [1.29, 1.82) is 0 Å². The van der Waals surface area contributed by atoms with Crippen molar-refractivity contribution in [3.05, 3.63) is 57.5 Å². The Balaban J connectivity index is 1.69. The second-order valence-electron chi connectivity index (χ2n) is 7.46. The van der Waals surface area contributed by atoms with Gasteiger partial charge in [-0.05, 0) is 51.2 Å². The first-order chi connectivity index (χ1) is 13.5. The molecule has 3 heterocycles. The first-order valence-corrected chi connectivity index (χ1v) is 9.80. The molecule has 1 atom stereocenters. The molecule has 0 radical (unpaired) electrons. The molecule has 2 aromatic heterocycles. The average Bonchev–Trinajstić information content (AvgIpc) is 3.19. The minimum absolute atomic E-state index is 0.224. The number of pyridine rings is 1. The third-order valence-corrected chi connectivity index (χ3v) is 5.14. The summed E-state index contributed by atoms with van der Waals surface area (Å²) in [6.45, 7) is 5.39. The van der Waals surface area contributed by atoms with E-state index in [0.717, 1.165) is 38.0 Å². The van der Waals surface area contributed by atoms with Crippen LogP contribution in [0.15, 0.2) is 29.5 Å². The summed E-state index contributed by atoms with van der Waals surface area (Å²) in [6, 6.07) is 1.80. The molecule has 150 valence electrons. The van der Waals surface area contributed by atoms with Crippen LogP contribution in [-0.2, 0) is 11.3 Å². The minimum atomic E-state index is -0.293. The van der Waals surface area contributed by atoms with Gasteiger partial charge in [-0.1, -0.05) is 0 Å². The van der Waals surface area contributed by atoms with E-state index in [0.29, 0.717) is 23.9 Å². The van der Waals surface area contributed by atoms with Crippen LogP contribution in [-0.4, -0.2) is 51.6 Å². The van der Waals surface area contributed by atoms with Crippen LogP contribution in [0.5, 0.6) is 0 Å². The summed E-state index contributed by atoms with van der Waals surface area (Å²) in [5.74, 6) is -0.237. The van der Waals surface area contributed by atoms with Crippen LogP contribution in [0.4, 0.5) is 0 Å². The van der Waals surface area contributed by atoms with Gasteiger partial charge in [0.05, 0.1) is 30.2 Å². The van der Waals surface area contributed by atoms with Gasteiger partial charge >= 0.3 is 0 Å². The third-order valence-electron chi connectivity index (χ3n) is 5.14. The highest BCUT2D eigenvalue weighted by atomic mass is 16.5. The standard InChI is InChI=1S/C21H28N4O3/c1-15-8-10-25(14-17-13-22-16(2)12-23-17)21(27)19(15)20(26)24(3)9-4-6-18-7-5-11-28-18/h8,10,12-13,18H,4-7,9,11,14H2,1-3H3. The molecule has 0 saturated carbocycles. The highest BCUT2D eigenvalue weighted by molar-refractivity contribution is 5.95. The first kappa shape index (κ1) is 20.2. The van der Waals surface area contributed by atoms with E-state index in [-0.39, 0.29) is 23.6 Å². The van der Waals surface area contributed by atoms with Gasteiger partial charge in [-0.25, -0.2) is 0 Å². The minimum Gasteiger partial charge on any atom is -0.378 e. The first-order valence-electron chi connectivity index (χ1n) is 9.80. The van der Waals surface area contributed by atoms with Crippen LogP contribution in [0.1, 0.15) is 53.0 Å². The zero-order valence-corrected chi connectivity index (χ0v) is 16.9. The Bertz CT molecular complexity index is 870. The Morgan fingerprint density at radius 2 is 2.14 bits per heavy atom. The quantitative estimate of drug-likeness (QED) is 0.732. The lowest BCUT2D eigenvalue weighted by molar-refractivity contribution is 0.0760. The summed E-state index contributed by atoms with van der Waals surface area (Å²) < 4.78 is 7.14. The summed E-state index contributed by atoms with van der Waals surface area (Å²) in [5, 5.41) is 0. The Hall–Kier alpha value is -2.54. The highest BCUT2D eigenvalue weighted by Crippen LogP contribution is 2.17. The molecule has 0 aliphatic carbocycles. The summed E-state index contributed by atoms with van der Waals surface area (Å²) >= 11 is 0. The monoisotopic (exact) mass is 384 g/mol. The predicted molar refractivity (Wildman–Crippen MR) is 106 cm³/mol. The Labute approximate surface area is 165 Å². The Morgan fingerprint density at radius 1 is 1.32 bits per heavy atom. The number of hydrogen-bond donors (Lipinski definition) is 0. The highest BCUT2D eigenvalue weighted by Gasteiger charge is 2.21. The van der Waals surface area contributed by atoms with E-state index in [2.05, 4.69) is 9.97 Å². The number of ether oxygens (including phenoxy) is 1. The topological polar surface area (TPSA) is 77.3 Å². The van der Waals surface area contributed by atoms with Crippen molar-refractivity contribution in [3.8, 4) is 0 Å². The molecule has 1 fully saturated rings. The predicted octanol–water partition coefficient (Wildman–Crippen LogP) is 2.33. The molecule has 1 unspecified atom stereocenters. The molecular formula is C21H28N4O3. The van der Waals surface area contributed by atoms with Crippen LogP contribution < -0.4 is 5.56 Å². The van der Waals surface area contributed by atoms with Gasteiger partial charge in [0, 0.05) is 32.6 Å². The van der Waals surface area contributed by atoms with Crippen LogP contribution in [0, 0.1) is 13.8 Å². The van der Waals surface area contributed by atoms with Crippen molar-refractivity contribution < 1.29 is 9.53 Å². The number of hydrogen-bond acceptors (Lipinski definition) is 5. The van der Waals surface area contributed by atoms with Crippen molar-refractivity contribution >= 4 is 5.91 Å². The molecule has 0 spiro atoms. The van der Waals surface area contributed by atoms with E-state index in [9.17, 15) is 9.59 Å². The molecule has 1 aliphatic heterocycles. The van der Waals surface area contributed by atoms with E-state index in [1.165, 1.54) is 4.57 Å². The normalized spacial score (nSPS) is 16.3. The maximum atomic E-state index is 12.9. The van der Waals surface area contributed by atoms with Crippen molar-refractivity contribution in [2.45, 2.75) is 52.2 Å². The number of carbonyl (C=O) groups is 1. The molecular weight excluding hydrogens is 356 g/mol. The molecule has 1 amide bonds. The SMILES string of the molecule is Cc1cnc(Cn2ccc(C)c(C(=O)N(C)CCCC3CCCO3)c2=O)cn1. The lowest BCUT2D eigenvalue weighted by Crippen LogP contribution is -2.36. The van der Waals surface area contributed by atoms with Crippen molar-refractivity contribution in [3.63, 3.8) is 0 Å². The maximum Gasteiger partial charge on any atom is 0.264 e. The summed E-state index contributed by atoms with van der Waals surface area (Å²) in [5.41, 5.74) is 2.12. The van der Waals surface area contributed by atoms with E-state index < -0.39 is 0 Å². The van der Waals surface area contributed by atoms with Crippen LogP contribution in [0.25, 0.3) is 0 Å². The van der Waals surface area contributed by atoms with Crippen LogP contribution in [0.2, 0.25) is 0 Å². The molecule has 0 aromatic carbocycles. The van der Waals surface area contributed by atoms with Gasteiger partial charge in [-0.2, -0.15) is 0 Å². The smallest absolute Gasteiger partial charge is 0.264 e. The fourth-order valence-electron chi connectivity index (χ4n) is 3.45. The molecule has 2 aromatic rings. The van der Waals surface area contributed by atoms with Gasteiger partial charge in [0.25, 0.3) is 11.5 Å². The zero-order valence-electron chi connectivity index (χ0n) is 16.9. The zero-order chi connectivity index (χ0) is 20.1.